The van der Waals surface area contributed by atoms with Gasteiger partial charge in [-0.15, -0.1) is 0 Å². The van der Waals surface area contributed by atoms with Crippen molar-refractivity contribution in [1.82, 2.24) is 0 Å². The molecule has 0 aliphatic heterocycles. The number of hydrogen-bond donors (Lipinski definition) is 1. The molecule has 0 aliphatic rings. The molecule has 4 rings (SSSR count). The Kier molecular flexibility index (Phi) is 3.64. The lowest BCUT2D eigenvalue weighted by molar-refractivity contribution is 0.475. The van der Waals surface area contributed by atoms with E-state index in [-0.39, 0.29) is 5.75 Å². The molecule has 2 heteroatoms. The molecule has 4 aromatic carbocycles. The van der Waals surface area contributed by atoms with E-state index in [0.29, 0.717) is 0 Å². The molecule has 0 spiro atoms. The molecule has 0 aliphatic carbocycles. The van der Waals surface area contributed by atoms with E-state index in [1.54, 1.807) is 12.1 Å². The molecule has 0 fully saturated rings. The number of rotatable bonds is 3. The molecule has 0 amide bonds. The number of anilines is 3. The van der Waals surface area contributed by atoms with Crippen LogP contribution < -0.4 is 4.90 Å². The van der Waals surface area contributed by atoms with Crippen LogP contribution in [0.5, 0.6) is 5.75 Å². The van der Waals surface area contributed by atoms with E-state index in [4.69, 9.17) is 0 Å². The van der Waals surface area contributed by atoms with E-state index < -0.39 is 0 Å². The van der Waals surface area contributed by atoms with E-state index >= 15 is 0 Å². The molecule has 0 heterocycles. The summed E-state index contributed by atoms with van der Waals surface area (Å²) >= 11 is 0. The molecule has 0 unspecified atom stereocenters. The Morgan fingerprint density at radius 1 is 0.583 bits per heavy atom. The number of benzene rings is 4. The van der Waals surface area contributed by atoms with Crippen molar-refractivity contribution in [3.63, 3.8) is 0 Å². The summed E-state index contributed by atoms with van der Waals surface area (Å²) in [5.41, 5.74) is 3.07. The first-order valence-corrected chi connectivity index (χ1v) is 7.95. The van der Waals surface area contributed by atoms with Crippen LogP contribution in [-0.2, 0) is 0 Å². The highest BCUT2D eigenvalue weighted by molar-refractivity contribution is 5.98. The number of hydrogen-bond acceptors (Lipinski definition) is 2. The van der Waals surface area contributed by atoms with Gasteiger partial charge in [0, 0.05) is 22.8 Å². The third-order valence-electron chi connectivity index (χ3n) is 4.11. The van der Waals surface area contributed by atoms with Gasteiger partial charge in [0.1, 0.15) is 5.75 Å². The first-order chi connectivity index (χ1) is 11.8. The van der Waals surface area contributed by atoms with Crippen LogP contribution in [0.2, 0.25) is 0 Å². The third-order valence-corrected chi connectivity index (χ3v) is 4.11. The predicted molar refractivity (Wildman–Crippen MR) is 100 cm³/mol. The molecule has 0 bridgehead atoms. The van der Waals surface area contributed by atoms with E-state index in [1.165, 1.54) is 10.8 Å². The zero-order valence-electron chi connectivity index (χ0n) is 13.1. The van der Waals surface area contributed by atoms with E-state index in [0.717, 1.165) is 17.1 Å². The second-order valence-electron chi connectivity index (χ2n) is 5.69. The summed E-state index contributed by atoms with van der Waals surface area (Å²) in [5, 5.41) is 12.3. The number of nitrogens with zero attached hydrogens (tertiary/aromatic N) is 1. The zero-order valence-corrected chi connectivity index (χ0v) is 13.1. The van der Waals surface area contributed by atoms with Crippen molar-refractivity contribution in [1.29, 1.82) is 0 Å². The first kappa shape index (κ1) is 14.3. The van der Waals surface area contributed by atoms with Crippen LogP contribution in [-0.4, -0.2) is 5.11 Å². The molecular formula is C22H17NO. The molecule has 0 saturated carbocycles. The van der Waals surface area contributed by atoms with E-state index in [2.05, 4.69) is 53.4 Å². The topological polar surface area (TPSA) is 23.5 Å². The Morgan fingerprint density at radius 3 is 2.08 bits per heavy atom. The second-order valence-corrected chi connectivity index (χ2v) is 5.69. The maximum Gasteiger partial charge on any atom is 0.117 e. The van der Waals surface area contributed by atoms with Crippen molar-refractivity contribution < 1.29 is 5.11 Å². The van der Waals surface area contributed by atoms with Crippen LogP contribution >= 0.6 is 0 Å². The van der Waals surface area contributed by atoms with Crippen LogP contribution in [0.1, 0.15) is 0 Å². The first-order valence-electron chi connectivity index (χ1n) is 7.95. The number of phenolic OH excluding ortho intramolecular Hbond substituents is 1. The lowest BCUT2D eigenvalue weighted by Gasteiger charge is -2.26. The van der Waals surface area contributed by atoms with Gasteiger partial charge in [-0.1, -0.05) is 60.7 Å². The highest BCUT2D eigenvalue weighted by Gasteiger charge is 2.14. The Hall–Kier alpha value is -3.26. The summed E-state index contributed by atoms with van der Waals surface area (Å²) in [5.74, 6) is 0.258. The van der Waals surface area contributed by atoms with E-state index in [1.807, 2.05) is 36.4 Å². The molecule has 1 N–H and O–H groups in total. The normalized spacial score (nSPS) is 10.7. The molecule has 0 aromatic heterocycles. The van der Waals surface area contributed by atoms with Crippen molar-refractivity contribution in [2.24, 2.45) is 0 Å². The highest BCUT2D eigenvalue weighted by Crippen LogP contribution is 2.39. The Balaban J connectivity index is 1.99. The van der Waals surface area contributed by atoms with Crippen LogP contribution in [0.3, 0.4) is 0 Å². The predicted octanol–water partition coefficient (Wildman–Crippen LogP) is 6.02. The minimum Gasteiger partial charge on any atom is -0.508 e. The maximum absolute atomic E-state index is 9.94. The Labute approximate surface area is 141 Å². The van der Waals surface area contributed by atoms with Crippen LogP contribution in [0.4, 0.5) is 17.1 Å². The average molecular weight is 311 g/mol. The summed E-state index contributed by atoms with van der Waals surface area (Å²) in [4.78, 5) is 2.17. The molecule has 4 aromatic rings. The van der Waals surface area contributed by atoms with Gasteiger partial charge in [-0.2, -0.15) is 0 Å². The zero-order chi connectivity index (χ0) is 16.4. The lowest BCUT2D eigenvalue weighted by atomic mass is 10.1. The van der Waals surface area contributed by atoms with Gasteiger partial charge >= 0.3 is 0 Å². The summed E-state index contributed by atoms with van der Waals surface area (Å²) in [6, 6.07) is 32.2. The number of aromatic hydroxyl groups is 1. The summed E-state index contributed by atoms with van der Waals surface area (Å²) in [6.07, 6.45) is 0. The smallest absolute Gasteiger partial charge is 0.117 e. The number of phenols is 1. The van der Waals surface area contributed by atoms with Gasteiger partial charge in [0.15, 0.2) is 0 Å². The number of para-hydroxylation sites is 1. The summed E-state index contributed by atoms with van der Waals surface area (Å²) < 4.78 is 0. The number of fused-ring (bicyclic) bond motifs is 1. The molecule has 0 atom stereocenters. The van der Waals surface area contributed by atoms with Crippen molar-refractivity contribution in [2.45, 2.75) is 0 Å². The van der Waals surface area contributed by atoms with Gasteiger partial charge in [0.25, 0.3) is 0 Å². The fourth-order valence-electron chi connectivity index (χ4n) is 3.04. The molecule has 116 valence electrons. The van der Waals surface area contributed by atoms with Gasteiger partial charge in [-0.05, 0) is 35.7 Å². The monoisotopic (exact) mass is 311 g/mol. The minimum absolute atomic E-state index is 0.258. The molecular weight excluding hydrogens is 294 g/mol. The highest BCUT2D eigenvalue weighted by atomic mass is 16.3. The average Bonchev–Trinajstić information content (AvgIpc) is 2.63. The van der Waals surface area contributed by atoms with Crippen molar-refractivity contribution in [3.05, 3.63) is 97.1 Å². The van der Waals surface area contributed by atoms with Gasteiger partial charge in [0.05, 0.1) is 5.69 Å². The molecule has 2 nitrogen and oxygen atoms in total. The largest absolute Gasteiger partial charge is 0.508 e. The maximum atomic E-state index is 9.94. The Morgan fingerprint density at radius 2 is 1.25 bits per heavy atom. The van der Waals surface area contributed by atoms with Gasteiger partial charge in [-0.3, -0.25) is 0 Å². The standard InChI is InChI=1S/C22H17NO/c24-20-13-7-12-19(16-20)23(18-10-2-1-3-11-18)22-15-6-9-17-8-4-5-14-21(17)22/h1-16,24H. The fourth-order valence-corrected chi connectivity index (χ4v) is 3.04. The molecule has 0 saturated heterocycles. The van der Waals surface area contributed by atoms with Crippen molar-refractivity contribution >= 4 is 27.8 Å². The quantitative estimate of drug-likeness (QED) is 0.500. The molecule has 24 heavy (non-hydrogen) atoms. The van der Waals surface area contributed by atoms with Crippen LogP contribution in [0.15, 0.2) is 97.1 Å². The van der Waals surface area contributed by atoms with Gasteiger partial charge in [0.2, 0.25) is 0 Å². The molecule has 0 radical (unpaired) electrons. The Bertz CT molecular complexity index is 974. The fraction of sp³-hybridized carbons (Fsp3) is 0. The van der Waals surface area contributed by atoms with Crippen LogP contribution in [0.25, 0.3) is 10.8 Å². The third kappa shape index (κ3) is 2.59. The SMILES string of the molecule is Oc1cccc(N(c2ccccc2)c2cccc3ccccc23)c1. The van der Waals surface area contributed by atoms with Crippen molar-refractivity contribution in [3.8, 4) is 5.75 Å². The van der Waals surface area contributed by atoms with Crippen LogP contribution in [0, 0.1) is 0 Å². The summed E-state index contributed by atoms with van der Waals surface area (Å²) in [7, 11) is 0. The van der Waals surface area contributed by atoms with E-state index in [9.17, 15) is 5.11 Å². The minimum atomic E-state index is 0.258. The van der Waals surface area contributed by atoms with Gasteiger partial charge < -0.3 is 10.0 Å². The van der Waals surface area contributed by atoms with Crippen molar-refractivity contribution in [2.75, 3.05) is 4.90 Å². The van der Waals surface area contributed by atoms with Gasteiger partial charge in [-0.25, -0.2) is 0 Å². The lowest BCUT2D eigenvalue weighted by Crippen LogP contribution is -2.10. The second kappa shape index (κ2) is 6.09. The summed E-state index contributed by atoms with van der Waals surface area (Å²) in [6.45, 7) is 0.